The van der Waals surface area contributed by atoms with Gasteiger partial charge in [0, 0.05) is 39.1 Å². The van der Waals surface area contributed by atoms with Crippen LogP contribution < -0.4 is 14.8 Å². The second-order valence-electron chi connectivity index (χ2n) is 7.80. The van der Waals surface area contributed by atoms with Crippen molar-refractivity contribution in [1.82, 2.24) is 15.1 Å². The lowest BCUT2D eigenvalue weighted by molar-refractivity contribution is 0.000102. The fourth-order valence-corrected chi connectivity index (χ4v) is 4.16. The van der Waals surface area contributed by atoms with E-state index in [4.69, 9.17) is 14.2 Å². The van der Waals surface area contributed by atoms with E-state index in [1.807, 2.05) is 30.3 Å². The van der Waals surface area contributed by atoms with Crippen molar-refractivity contribution in [3.05, 3.63) is 65.4 Å². The lowest BCUT2D eigenvalue weighted by Gasteiger charge is -2.27. The number of ether oxygens (including phenoxy) is 3. The van der Waals surface area contributed by atoms with Crippen LogP contribution in [0.5, 0.6) is 11.5 Å². The molecule has 4 rings (SSSR count). The van der Waals surface area contributed by atoms with Gasteiger partial charge in [0.2, 0.25) is 0 Å². The number of rotatable bonds is 7. The number of carbonyl (C=O) groups excluding carboxylic acids is 1. The smallest absolute Gasteiger partial charge is 0.269 e. The zero-order chi connectivity index (χ0) is 22.0. The van der Waals surface area contributed by atoms with Crippen LogP contribution in [0.3, 0.4) is 0 Å². The first kappa shape index (κ1) is 20.9. The summed E-state index contributed by atoms with van der Waals surface area (Å²) in [5.74, 6) is 1.15. The van der Waals surface area contributed by atoms with Crippen LogP contribution in [-0.4, -0.2) is 49.2 Å². The van der Waals surface area contributed by atoms with Gasteiger partial charge in [-0.1, -0.05) is 24.3 Å². The highest BCUT2D eigenvalue weighted by Crippen LogP contribution is 2.34. The number of hydrogen-bond acceptors (Lipinski definition) is 5. The highest BCUT2D eigenvalue weighted by Gasteiger charge is 2.37. The predicted octanol–water partition coefficient (Wildman–Crippen LogP) is 3.02. The van der Waals surface area contributed by atoms with Crippen LogP contribution in [0.25, 0.3) is 11.3 Å². The number of hydrogen-bond donors (Lipinski definition) is 1. The zero-order valence-corrected chi connectivity index (χ0v) is 18.3. The minimum atomic E-state index is -0.434. The van der Waals surface area contributed by atoms with Crippen LogP contribution in [-0.2, 0) is 24.6 Å². The summed E-state index contributed by atoms with van der Waals surface area (Å²) in [4.78, 5) is 13.0. The molecule has 162 valence electrons. The normalized spacial score (nSPS) is 14.2. The lowest BCUT2D eigenvalue weighted by Crippen LogP contribution is -2.45. The number of benzene rings is 2. The molecule has 0 bridgehead atoms. The number of fused-ring (bicyclic) bond motifs is 1. The standard InChI is InChI=1S/C24H27N3O4/c1-27-21(12-20(26-27)19-11-18(29-2)9-10-22(19)30-3)23(28)25-15-24(31-4)13-16-7-5-6-8-17(16)14-24/h5-12H,13-15H2,1-4H3,(H,25,28). The van der Waals surface area contributed by atoms with Crippen molar-refractivity contribution >= 4 is 5.91 Å². The summed E-state index contributed by atoms with van der Waals surface area (Å²) in [7, 11) is 6.67. The van der Waals surface area contributed by atoms with Crippen molar-refractivity contribution in [2.75, 3.05) is 27.9 Å². The van der Waals surface area contributed by atoms with Gasteiger partial charge in [-0.3, -0.25) is 9.48 Å². The maximum Gasteiger partial charge on any atom is 0.269 e. The number of methoxy groups -OCH3 is 3. The molecule has 0 unspecified atom stereocenters. The highest BCUT2D eigenvalue weighted by atomic mass is 16.5. The Morgan fingerprint density at radius 1 is 1.06 bits per heavy atom. The van der Waals surface area contributed by atoms with Crippen molar-refractivity contribution in [3.63, 3.8) is 0 Å². The van der Waals surface area contributed by atoms with Crippen LogP contribution in [0, 0.1) is 0 Å². The summed E-state index contributed by atoms with van der Waals surface area (Å²) in [6.07, 6.45) is 1.55. The maximum atomic E-state index is 13.0. The van der Waals surface area contributed by atoms with E-state index < -0.39 is 5.60 Å². The molecule has 1 heterocycles. The highest BCUT2D eigenvalue weighted by molar-refractivity contribution is 5.94. The third-order valence-corrected chi connectivity index (χ3v) is 5.94. The molecule has 2 aromatic carbocycles. The molecule has 0 saturated heterocycles. The number of aromatic nitrogens is 2. The number of nitrogens with one attached hydrogen (secondary N) is 1. The molecular weight excluding hydrogens is 394 g/mol. The molecule has 0 radical (unpaired) electrons. The Balaban J connectivity index is 1.52. The molecule has 1 aromatic heterocycles. The molecule has 1 aliphatic rings. The lowest BCUT2D eigenvalue weighted by atomic mass is 10.00. The first-order valence-electron chi connectivity index (χ1n) is 10.1. The Bertz CT molecular complexity index is 1080. The van der Waals surface area contributed by atoms with Crippen LogP contribution in [0.4, 0.5) is 0 Å². The summed E-state index contributed by atoms with van der Waals surface area (Å²) in [6.45, 7) is 0.417. The third kappa shape index (κ3) is 4.01. The fraction of sp³-hybridized carbons (Fsp3) is 0.333. The maximum absolute atomic E-state index is 13.0. The van der Waals surface area contributed by atoms with E-state index in [1.54, 1.807) is 39.1 Å². The van der Waals surface area contributed by atoms with E-state index in [9.17, 15) is 4.79 Å². The minimum absolute atomic E-state index is 0.199. The molecule has 1 aliphatic carbocycles. The van der Waals surface area contributed by atoms with E-state index in [0.29, 0.717) is 29.4 Å². The van der Waals surface area contributed by atoms with Crippen molar-refractivity contribution in [1.29, 1.82) is 0 Å². The molecule has 3 aromatic rings. The number of nitrogens with zero attached hydrogens (tertiary/aromatic N) is 2. The van der Waals surface area contributed by atoms with Gasteiger partial charge in [-0.05, 0) is 35.4 Å². The number of amides is 1. The monoisotopic (exact) mass is 421 g/mol. The Hall–Kier alpha value is -3.32. The molecule has 0 saturated carbocycles. The molecule has 0 aliphatic heterocycles. The second kappa shape index (κ2) is 8.43. The Kier molecular flexibility index (Phi) is 5.69. The molecule has 0 fully saturated rings. The average Bonchev–Trinajstić information content (AvgIpc) is 3.37. The van der Waals surface area contributed by atoms with E-state index >= 15 is 0 Å². The van der Waals surface area contributed by atoms with Gasteiger partial charge in [-0.2, -0.15) is 5.10 Å². The van der Waals surface area contributed by atoms with Crippen molar-refractivity contribution in [3.8, 4) is 22.8 Å². The minimum Gasteiger partial charge on any atom is -0.497 e. The molecule has 0 spiro atoms. The SMILES string of the molecule is COc1ccc(OC)c(-c2cc(C(=O)NCC3(OC)Cc4ccccc4C3)n(C)n2)c1. The molecule has 0 atom stereocenters. The van der Waals surface area contributed by atoms with Crippen LogP contribution in [0.2, 0.25) is 0 Å². The van der Waals surface area contributed by atoms with E-state index in [2.05, 4.69) is 22.5 Å². The van der Waals surface area contributed by atoms with Gasteiger partial charge in [-0.25, -0.2) is 0 Å². The van der Waals surface area contributed by atoms with Gasteiger partial charge in [-0.15, -0.1) is 0 Å². The van der Waals surface area contributed by atoms with E-state index in [1.165, 1.54) is 11.1 Å². The number of carbonyl (C=O) groups is 1. The molecule has 31 heavy (non-hydrogen) atoms. The zero-order valence-electron chi connectivity index (χ0n) is 18.3. The topological polar surface area (TPSA) is 74.6 Å². The summed E-state index contributed by atoms with van der Waals surface area (Å²) in [5.41, 5.74) is 3.96. The predicted molar refractivity (Wildman–Crippen MR) is 118 cm³/mol. The molecule has 1 N–H and O–H groups in total. The Labute approximate surface area is 181 Å². The van der Waals surface area contributed by atoms with Crippen LogP contribution in [0.15, 0.2) is 48.5 Å². The van der Waals surface area contributed by atoms with Crippen molar-refractivity contribution in [2.45, 2.75) is 18.4 Å². The Morgan fingerprint density at radius 2 is 1.77 bits per heavy atom. The van der Waals surface area contributed by atoms with E-state index in [-0.39, 0.29) is 5.91 Å². The van der Waals surface area contributed by atoms with Gasteiger partial charge in [0.1, 0.15) is 17.2 Å². The summed E-state index contributed by atoms with van der Waals surface area (Å²) in [5, 5.41) is 7.57. The molecule has 7 heteroatoms. The second-order valence-corrected chi connectivity index (χ2v) is 7.80. The molecule has 1 amide bonds. The molecule has 7 nitrogen and oxygen atoms in total. The van der Waals surface area contributed by atoms with Crippen molar-refractivity contribution < 1.29 is 19.0 Å². The van der Waals surface area contributed by atoms with E-state index in [0.717, 1.165) is 18.4 Å². The quantitative estimate of drug-likeness (QED) is 0.635. The summed E-state index contributed by atoms with van der Waals surface area (Å²) in [6, 6.07) is 15.6. The largest absolute Gasteiger partial charge is 0.497 e. The van der Waals surface area contributed by atoms with Gasteiger partial charge in [0.15, 0.2) is 0 Å². The van der Waals surface area contributed by atoms with Gasteiger partial charge >= 0.3 is 0 Å². The summed E-state index contributed by atoms with van der Waals surface area (Å²) < 4.78 is 18.2. The fourth-order valence-electron chi connectivity index (χ4n) is 4.16. The van der Waals surface area contributed by atoms with Gasteiger partial charge in [0.25, 0.3) is 5.91 Å². The molecular formula is C24H27N3O4. The Morgan fingerprint density at radius 3 is 2.39 bits per heavy atom. The average molecular weight is 421 g/mol. The van der Waals surface area contributed by atoms with Crippen molar-refractivity contribution in [2.24, 2.45) is 7.05 Å². The van der Waals surface area contributed by atoms with Crippen LogP contribution in [0.1, 0.15) is 21.6 Å². The first-order valence-corrected chi connectivity index (χ1v) is 10.1. The van der Waals surface area contributed by atoms with Gasteiger partial charge < -0.3 is 19.5 Å². The van der Waals surface area contributed by atoms with Gasteiger partial charge in [0.05, 0.1) is 25.5 Å². The third-order valence-electron chi connectivity index (χ3n) is 5.94. The summed E-state index contributed by atoms with van der Waals surface area (Å²) >= 11 is 0. The van der Waals surface area contributed by atoms with Crippen LogP contribution >= 0.6 is 0 Å². The first-order chi connectivity index (χ1) is 15.0. The number of aryl methyl sites for hydroxylation is 1.